The first-order valence-electron chi connectivity index (χ1n) is 7.08. The Labute approximate surface area is 143 Å². The highest BCUT2D eigenvalue weighted by atomic mass is 32.2. The van der Waals surface area contributed by atoms with E-state index in [0.717, 1.165) is 21.3 Å². The Bertz CT molecular complexity index is 770. The minimum atomic E-state index is -0.0211. The van der Waals surface area contributed by atoms with Crippen molar-refractivity contribution in [2.45, 2.75) is 6.61 Å². The monoisotopic (exact) mass is 341 g/mol. The van der Waals surface area contributed by atoms with Gasteiger partial charge in [-0.3, -0.25) is 4.79 Å². The van der Waals surface area contributed by atoms with Gasteiger partial charge in [0.2, 0.25) is 5.12 Å². The number of benzene rings is 2. The number of ether oxygens (including phenoxy) is 1. The fourth-order valence-corrected chi connectivity index (χ4v) is 3.35. The van der Waals surface area contributed by atoms with Crippen LogP contribution in [0.5, 0.6) is 5.75 Å². The molecule has 5 heteroatoms. The van der Waals surface area contributed by atoms with Gasteiger partial charge in [-0.1, -0.05) is 48.5 Å². The number of nitrogens with zero attached hydrogens (tertiary/aromatic N) is 1. The first kappa shape index (κ1) is 15.9. The molecule has 2 aromatic carbocycles. The highest BCUT2D eigenvalue weighted by Crippen LogP contribution is 2.31. The largest absolute Gasteiger partial charge is 0.488 e. The predicted molar refractivity (Wildman–Crippen MR) is 98.7 cm³/mol. The molecule has 0 saturated carbocycles. The van der Waals surface area contributed by atoms with Gasteiger partial charge in [-0.15, -0.1) is 11.8 Å². The smallest absolute Gasteiger partial charge is 0.244 e. The quantitative estimate of drug-likeness (QED) is 0.762. The first-order chi connectivity index (χ1) is 11.3. The Morgan fingerprint density at radius 3 is 2.61 bits per heavy atom. The normalized spacial score (nSPS) is 15.8. The Hall–Kier alpha value is -1.98. The van der Waals surface area contributed by atoms with Crippen LogP contribution in [-0.2, 0) is 11.4 Å². The molecular weight excluding hydrogens is 326 g/mol. The molecule has 1 aliphatic rings. The summed E-state index contributed by atoms with van der Waals surface area (Å²) >= 11 is 2.66. The minimum absolute atomic E-state index is 0.0211. The number of hydrogen-bond donors (Lipinski definition) is 0. The molecule has 1 aliphatic heterocycles. The number of aliphatic imine (C=N–C) groups is 1. The van der Waals surface area contributed by atoms with Crippen LogP contribution in [0.3, 0.4) is 0 Å². The number of carbonyl (C=O) groups excluding carboxylic acids is 1. The van der Waals surface area contributed by atoms with Crippen LogP contribution in [0.2, 0.25) is 0 Å². The van der Waals surface area contributed by atoms with E-state index in [1.54, 1.807) is 6.08 Å². The lowest BCUT2D eigenvalue weighted by Crippen LogP contribution is -1.97. The van der Waals surface area contributed by atoms with Gasteiger partial charge in [-0.05, 0) is 35.7 Å². The summed E-state index contributed by atoms with van der Waals surface area (Å²) in [6.45, 7) is 0.489. The molecule has 3 nitrogen and oxygen atoms in total. The number of carbonyl (C=O) groups is 1. The molecule has 0 saturated heterocycles. The molecule has 0 aliphatic carbocycles. The van der Waals surface area contributed by atoms with Gasteiger partial charge in [0.25, 0.3) is 0 Å². The van der Waals surface area contributed by atoms with Crippen molar-refractivity contribution in [2.75, 3.05) is 6.26 Å². The zero-order valence-corrected chi connectivity index (χ0v) is 14.2. The Balaban J connectivity index is 1.81. The van der Waals surface area contributed by atoms with Gasteiger partial charge >= 0.3 is 0 Å². The lowest BCUT2D eigenvalue weighted by molar-refractivity contribution is -0.107. The Morgan fingerprint density at radius 2 is 1.87 bits per heavy atom. The molecule has 0 unspecified atom stereocenters. The SMILES string of the molecule is CSC1=NC(=Cc2ccccc2OCc2ccccc2)C(=O)S1. The van der Waals surface area contributed by atoms with E-state index in [1.807, 2.05) is 60.9 Å². The Kier molecular flexibility index (Phi) is 5.20. The summed E-state index contributed by atoms with van der Waals surface area (Å²) in [6.07, 6.45) is 3.71. The summed E-state index contributed by atoms with van der Waals surface area (Å²) in [4.78, 5) is 16.3. The summed E-state index contributed by atoms with van der Waals surface area (Å²) in [5.74, 6) is 0.745. The van der Waals surface area contributed by atoms with E-state index in [9.17, 15) is 4.79 Å². The van der Waals surface area contributed by atoms with Crippen LogP contribution in [0, 0.1) is 0 Å². The van der Waals surface area contributed by atoms with E-state index in [4.69, 9.17) is 4.74 Å². The minimum Gasteiger partial charge on any atom is -0.488 e. The summed E-state index contributed by atoms with van der Waals surface area (Å²) in [7, 11) is 0. The van der Waals surface area contributed by atoms with Crippen molar-refractivity contribution in [3.63, 3.8) is 0 Å². The first-order valence-corrected chi connectivity index (χ1v) is 9.12. The standard InChI is InChI=1S/C18H15NO2S2/c1-22-18-19-15(17(20)23-18)11-14-9-5-6-10-16(14)21-12-13-7-3-2-4-8-13/h2-11H,12H2,1H3. The highest BCUT2D eigenvalue weighted by Gasteiger charge is 2.21. The maximum Gasteiger partial charge on any atom is 0.244 e. The van der Waals surface area contributed by atoms with Crippen LogP contribution < -0.4 is 4.74 Å². The number of rotatable bonds is 4. The lowest BCUT2D eigenvalue weighted by atomic mass is 10.1. The topological polar surface area (TPSA) is 38.7 Å². The van der Waals surface area contributed by atoms with Gasteiger partial charge in [0.05, 0.1) is 0 Å². The third-order valence-corrected chi connectivity index (χ3v) is 5.07. The summed E-state index contributed by atoms with van der Waals surface area (Å²) in [6, 6.07) is 17.7. The van der Waals surface area contributed by atoms with Gasteiger partial charge in [-0.25, -0.2) is 4.99 Å². The molecule has 0 atom stereocenters. The second kappa shape index (κ2) is 7.53. The van der Waals surface area contributed by atoms with Crippen LogP contribution >= 0.6 is 23.5 Å². The molecule has 2 aromatic rings. The maximum absolute atomic E-state index is 12.0. The van der Waals surface area contributed by atoms with E-state index in [1.165, 1.54) is 23.5 Å². The van der Waals surface area contributed by atoms with Crippen molar-refractivity contribution >= 4 is 39.1 Å². The van der Waals surface area contributed by atoms with Crippen LogP contribution in [0.25, 0.3) is 6.08 Å². The van der Waals surface area contributed by atoms with E-state index in [-0.39, 0.29) is 5.12 Å². The zero-order valence-electron chi connectivity index (χ0n) is 12.6. The molecule has 0 amide bonds. The number of hydrogen-bond acceptors (Lipinski definition) is 5. The third kappa shape index (κ3) is 4.06. The van der Waals surface area contributed by atoms with Crippen molar-refractivity contribution in [3.05, 3.63) is 71.4 Å². The molecule has 0 radical (unpaired) electrons. The van der Waals surface area contributed by atoms with E-state index >= 15 is 0 Å². The van der Waals surface area contributed by atoms with Crippen molar-refractivity contribution in [2.24, 2.45) is 4.99 Å². The molecule has 1 heterocycles. The molecule has 0 bridgehead atoms. The molecule has 0 spiro atoms. The second-order valence-electron chi connectivity index (χ2n) is 4.81. The molecule has 3 rings (SSSR count). The average Bonchev–Trinajstić information content (AvgIpc) is 2.95. The predicted octanol–water partition coefficient (Wildman–Crippen LogP) is 4.60. The van der Waals surface area contributed by atoms with Crippen LogP contribution in [0.15, 0.2) is 65.3 Å². The van der Waals surface area contributed by atoms with E-state index in [0.29, 0.717) is 12.3 Å². The summed E-state index contributed by atoms with van der Waals surface area (Å²) in [5, 5.41) is -0.0211. The lowest BCUT2D eigenvalue weighted by Gasteiger charge is -2.09. The highest BCUT2D eigenvalue weighted by molar-refractivity contribution is 8.45. The molecule has 0 fully saturated rings. The zero-order chi connectivity index (χ0) is 16.1. The van der Waals surface area contributed by atoms with Crippen LogP contribution in [0.1, 0.15) is 11.1 Å². The van der Waals surface area contributed by atoms with Gasteiger partial charge in [0, 0.05) is 5.56 Å². The fraction of sp³-hybridized carbons (Fsp3) is 0.111. The van der Waals surface area contributed by atoms with Gasteiger partial charge < -0.3 is 4.74 Å². The number of para-hydroxylation sites is 1. The Morgan fingerprint density at radius 1 is 1.13 bits per heavy atom. The fourth-order valence-electron chi connectivity index (χ4n) is 2.09. The van der Waals surface area contributed by atoms with Gasteiger partial charge in [0.15, 0.2) is 0 Å². The van der Waals surface area contributed by atoms with Crippen molar-refractivity contribution in [3.8, 4) is 5.75 Å². The van der Waals surface area contributed by atoms with Crippen LogP contribution in [-0.4, -0.2) is 15.7 Å². The van der Waals surface area contributed by atoms with Gasteiger partial charge in [0.1, 0.15) is 22.4 Å². The van der Waals surface area contributed by atoms with Crippen molar-refractivity contribution < 1.29 is 9.53 Å². The molecular formula is C18H15NO2S2. The van der Waals surface area contributed by atoms with Crippen LogP contribution in [0.4, 0.5) is 0 Å². The third-order valence-electron chi connectivity index (χ3n) is 3.22. The van der Waals surface area contributed by atoms with Crippen molar-refractivity contribution in [1.82, 2.24) is 0 Å². The van der Waals surface area contributed by atoms with Crippen molar-refractivity contribution in [1.29, 1.82) is 0 Å². The maximum atomic E-state index is 12.0. The molecule has 116 valence electrons. The average molecular weight is 341 g/mol. The molecule has 0 aromatic heterocycles. The molecule has 23 heavy (non-hydrogen) atoms. The number of thioether (sulfide) groups is 2. The van der Waals surface area contributed by atoms with E-state index < -0.39 is 0 Å². The second-order valence-corrected chi connectivity index (χ2v) is 6.83. The van der Waals surface area contributed by atoms with E-state index in [2.05, 4.69) is 4.99 Å². The molecule has 0 N–H and O–H groups in total. The van der Waals surface area contributed by atoms with Gasteiger partial charge in [-0.2, -0.15) is 0 Å². The summed E-state index contributed by atoms with van der Waals surface area (Å²) < 4.78 is 6.69. The summed E-state index contributed by atoms with van der Waals surface area (Å²) in [5.41, 5.74) is 2.43.